The Hall–Kier alpha value is -1.17. The fourth-order valence-electron chi connectivity index (χ4n) is 1.33. The molecular weight excluding hydrogens is 220 g/mol. The van der Waals surface area contributed by atoms with E-state index in [0.29, 0.717) is 32.2 Å². The fraction of sp³-hybridized carbons (Fsp3) is 0.583. The molecule has 1 aromatic heterocycles. The van der Waals surface area contributed by atoms with E-state index in [-0.39, 0.29) is 0 Å². The summed E-state index contributed by atoms with van der Waals surface area (Å²) in [4.78, 5) is 4.10. The van der Waals surface area contributed by atoms with Crippen LogP contribution < -0.4 is 10.1 Å². The van der Waals surface area contributed by atoms with Gasteiger partial charge in [0.15, 0.2) is 0 Å². The van der Waals surface area contributed by atoms with E-state index in [1.807, 2.05) is 19.1 Å². The van der Waals surface area contributed by atoms with E-state index >= 15 is 0 Å². The Morgan fingerprint density at radius 1 is 1.47 bits per heavy atom. The minimum atomic E-state index is -0.471. The average molecular weight is 240 g/mol. The van der Waals surface area contributed by atoms with Crippen molar-refractivity contribution < 1.29 is 14.6 Å². The van der Waals surface area contributed by atoms with E-state index in [9.17, 15) is 5.11 Å². The minimum absolute atomic E-state index is 0.365. The first-order valence-corrected chi connectivity index (χ1v) is 5.71. The fourth-order valence-corrected chi connectivity index (χ4v) is 1.33. The number of aliphatic hydroxyl groups excluding tert-OH is 1. The van der Waals surface area contributed by atoms with Gasteiger partial charge < -0.3 is 19.9 Å². The third kappa shape index (κ3) is 5.63. The van der Waals surface area contributed by atoms with E-state index in [2.05, 4.69) is 10.3 Å². The Labute approximate surface area is 102 Å². The van der Waals surface area contributed by atoms with Gasteiger partial charge in [0.1, 0.15) is 0 Å². The first-order chi connectivity index (χ1) is 8.26. The molecule has 1 heterocycles. The van der Waals surface area contributed by atoms with E-state index in [1.54, 1.807) is 13.3 Å². The third-order valence-electron chi connectivity index (χ3n) is 2.23. The van der Waals surface area contributed by atoms with Crippen LogP contribution in [0.2, 0.25) is 0 Å². The van der Waals surface area contributed by atoms with Crippen LogP contribution in [-0.2, 0) is 11.3 Å². The second-order valence-electron chi connectivity index (χ2n) is 3.65. The molecule has 0 aliphatic heterocycles. The molecule has 0 aliphatic carbocycles. The standard InChI is InChI=1S/C12H20N2O3/c1-3-17-9-11(15)8-13-6-10-4-5-12(16-2)14-7-10/h4-5,7,11,13,15H,3,6,8-9H2,1-2H3. The molecule has 0 radical (unpaired) electrons. The van der Waals surface area contributed by atoms with Crippen molar-refractivity contribution in [3.05, 3.63) is 23.9 Å². The van der Waals surface area contributed by atoms with Crippen molar-refractivity contribution in [1.82, 2.24) is 10.3 Å². The maximum atomic E-state index is 9.52. The van der Waals surface area contributed by atoms with E-state index < -0.39 is 6.10 Å². The molecule has 0 spiro atoms. The molecule has 1 aromatic rings. The zero-order valence-electron chi connectivity index (χ0n) is 10.3. The van der Waals surface area contributed by atoms with Crippen LogP contribution in [0.15, 0.2) is 18.3 Å². The normalized spacial score (nSPS) is 12.4. The van der Waals surface area contributed by atoms with Crippen molar-refractivity contribution in [2.24, 2.45) is 0 Å². The summed E-state index contributed by atoms with van der Waals surface area (Å²) in [6.45, 7) is 4.07. The molecule has 0 saturated heterocycles. The van der Waals surface area contributed by atoms with Gasteiger partial charge in [-0.1, -0.05) is 6.07 Å². The molecule has 0 saturated carbocycles. The number of methoxy groups -OCH3 is 1. The monoisotopic (exact) mass is 240 g/mol. The summed E-state index contributed by atoms with van der Waals surface area (Å²) in [7, 11) is 1.59. The number of pyridine rings is 1. The molecule has 0 fully saturated rings. The summed E-state index contributed by atoms with van der Waals surface area (Å²) >= 11 is 0. The molecule has 2 N–H and O–H groups in total. The van der Waals surface area contributed by atoms with Crippen LogP contribution in [0, 0.1) is 0 Å². The van der Waals surface area contributed by atoms with Crippen molar-refractivity contribution in [1.29, 1.82) is 0 Å². The second-order valence-corrected chi connectivity index (χ2v) is 3.65. The van der Waals surface area contributed by atoms with Gasteiger partial charge in [0, 0.05) is 32.0 Å². The molecule has 1 unspecified atom stereocenters. The molecule has 0 aromatic carbocycles. The molecule has 0 amide bonds. The Balaban J connectivity index is 2.21. The van der Waals surface area contributed by atoms with Crippen LogP contribution in [0.3, 0.4) is 0 Å². The highest BCUT2D eigenvalue weighted by atomic mass is 16.5. The topological polar surface area (TPSA) is 63.6 Å². The maximum Gasteiger partial charge on any atom is 0.212 e. The Morgan fingerprint density at radius 2 is 2.29 bits per heavy atom. The maximum absolute atomic E-state index is 9.52. The quantitative estimate of drug-likeness (QED) is 0.696. The molecule has 5 nitrogen and oxygen atoms in total. The number of nitrogens with zero attached hydrogens (tertiary/aromatic N) is 1. The van der Waals surface area contributed by atoms with Gasteiger partial charge in [0.25, 0.3) is 0 Å². The summed E-state index contributed by atoms with van der Waals surface area (Å²) in [6, 6.07) is 3.75. The van der Waals surface area contributed by atoms with Gasteiger partial charge in [0.05, 0.1) is 19.8 Å². The lowest BCUT2D eigenvalue weighted by Gasteiger charge is -2.11. The van der Waals surface area contributed by atoms with Gasteiger partial charge in [-0.15, -0.1) is 0 Å². The predicted molar refractivity (Wildman–Crippen MR) is 65.0 cm³/mol. The highest BCUT2D eigenvalue weighted by Crippen LogP contribution is 2.06. The van der Waals surface area contributed by atoms with Crippen LogP contribution in [0.1, 0.15) is 12.5 Å². The number of aliphatic hydroxyl groups is 1. The average Bonchev–Trinajstić information content (AvgIpc) is 2.37. The van der Waals surface area contributed by atoms with Crippen molar-refractivity contribution >= 4 is 0 Å². The van der Waals surface area contributed by atoms with Gasteiger partial charge in [-0.3, -0.25) is 0 Å². The van der Waals surface area contributed by atoms with E-state index in [0.717, 1.165) is 5.56 Å². The number of rotatable bonds is 8. The van der Waals surface area contributed by atoms with Crippen molar-refractivity contribution in [2.75, 3.05) is 26.9 Å². The number of nitrogens with one attached hydrogen (secondary N) is 1. The van der Waals surface area contributed by atoms with Crippen LogP contribution in [-0.4, -0.2) is 43.1 Å². The van der Waals surface area contributed by atoms with Crippen LogP contribution in [0.4, 0.5) is 0 Å². The molecule has 1 atom stereocenters. The summed E-state index contributed by atoms with van der Waals surface area (Å²) < 4.78 is 10.1. The van der Waals surface area contributed by atoms with Crippen LogP contribution in [0.25, 0.3) is 0 Å². The van der Waals surface area contributed by atoms with Crippen molar-refractivity contribution in [3.8, 4) is 5.88 Å². The molecule has 0 bridgehead atoms. The Morgan fingerprint density at radius 3 is 2.88 bits per heavy atom. The second kappa shape index (κ2) is 8.00. The molecule has 96 valence electrons. The summed E-state index contributed by atoms with van der Waals surface area (Å²) in [6.07, 6.45) is 1.28. The summed E-state index contributed by atoms with van der Waals surface area (Å²) in [5, 5.41) is 12.7. The van der Waals surface area contributed by atoms with E-state index in [4.69, 9.17) is 9.47 Å². The first kappa shape index (κ1) is 13.9. The molecular formula is C12H20N2O3. The highest BCUT2D eigenvalue weighted by Gasteiger charge is 2.03. The molecule has 1 rings (SSSR count). The zero-order chi connectivity index (χ0) is 12.5. The number of aromatic nitrogens is 1. The highest BCUT2D eigenvalue weighted by molar-refractivity contribution is 5.17. The SMILES string of the molecule is CCOCC(O)CNCc1ccc(OC)nc1. The van der Waals surface area contributed by atoms with Gasteiger partial charge in [-0.2, -0.15) is 0 Å². The van der Waals surface area contributed by atoms with E-state index in [1.165, 1.54) is 0 Å². The molecule has 5 heteroatoms. The van der Waals surface area contributed by atoms with Gasteiger partial charge in [-0.05, 0) is 12.5 Å². The number of ether oxygens (including phenoxy) is 2. The number of hydrogen-bond acceptors (Lipinski definition) is 5. The predicted octanol–water partition coefficient (Wildman–Crippen LogP) is 0.577. The first-order valence-electron chi connectivity index (χ1n) is 5.71. The Kier molecular flexibility index (Phi) is 6.54. The summed E-state index contributed by atoms with van der Waals surface area (Å²) in [5.41, 5.74) is 1.05. The largest absolute Gasteiger partial charge is 0.481 e. The lowest BCUT2D eigenvalue weighted by atomic mass is 10.2. The van der Waals surface area contributed by atoms with Gasteiger partial charge in [0.2, 0.25) is 5.88 Å². The lowest BCUT2D eigenvalue weighted by molar-refractivity contribution is 0.0427. The smallest absolute Gasteiger partial charge is 0.212 e. The molecule has 17 heavy (non-hydrogen) atoms. The minimum Gasteiger partial charge on any atom is -0.481 e. The zero-order valence-corrected chi connectivity index (χ0v) is 10.3. The summed E-state index contributed by atoms with van der Waals surface area (Å²) in [5.74, 6) is 0.602. The van der Waals surface area contributed by atoms with Crippen LogP contribution >= 0.6 is 0 Å². The number of hydrogen-bond donors (Lipinski definition) is 2. The Bertz CT molecular complexity index is 303. The molecule has 0 aliphatic rings. The van der Waals surface area contributed by atoms with Crippen molar-refractivity contribution in [3.63, 3.8) is 0 Å². The van der Waals surface area contributed by atoms with Crippen LogP contribution in [0.5, 0.6) is 5.88 Å². The van der Waals surface area contributed by atoms with Gasteiger partial charge >= 0.3 is 0 Å². The van der Waals surface area contributed by atoms with Crippen molar-refractivity contribution in [2.45, 2.75) is 19.6 Å². The lowest BCUT2D eigenvalue weighted by Crippen LogP contribution is -2.30. The van der Waals surface area contributed by atoms with Gasteiger partial charge in [-0.25, -0.2) is 4.98 Å². The third-order valence-corrected chi connectivity index (χ3v) is 2.23.